The van der Waals surface area contributed by atoms with E-state index in [0.29, 0.717) is 12.2 Å². The van der Waals surface area contributed by atoms with Crippen molar-refractivity contribution in [2.24, 2.45) is 0 Å². The Morgan fingerprint density at radius 3 is 2.60 bits per heavy atom. The Morgan fingerprint density at radius 2 is 2.13 bits per heavy atom. The summed E-state index contributed by atoms with van der Waals surface area (Å²) < 4.78 is 5.47. The molecule has 0 radical (unpaired) electrons. The van der Waals surface area contributed by atoms with Crippen molar-refractivity contribution in [3.05, 3.63) is 11.1 Å². The predicted molar refractivity (Wildman–Crippen MR) is 56.5 cm³/mol. The second-order valence-corrected chi connectivity index (χ2v) is 4.13. The highest BCUT2D eigenvalue weighted by atomic mass is 35.5. The van der Waals surface area contributed by atoms with Gasteiger partial charge >= 0.3 is 0 Å². The smallest absolute Gasteiger partial charge is 0.227 e. The van der Waals surface area contributed by atoms with E-state index < -0.39 is 0 Å². The summed E-state index contributed by atoms with van der Waals surface area (Å²) in [5, 5.41) is 0.142. The zero-order valence-electron chi connectivity index (χ0n) is 8.53. The third-order valence-corrected chi connectivity index (χ3v) is 3.02. The van der Waals surface area contributed by atoms with Gasteiger partial charge in [0, 0.05) is 13.5 Å². The maximum Gasteiger partial charge on any atom is 0.227 e. The molecule has 1 aromatic rings. The van der Waals surface area contributed by atoms with E-state index in [0.717, 1.165) is 12.8 Å². The Balaban J connectivity index is 2.16. The molecule has 0 spiro atoms. The molecule has 0 atom stereocenters. The van der Waals surface area contributed by atoms with Crippen molar-refractivity contribution in [2.45, 2.75) is 31.3 Å². The highest BCUT2D eigenvalue weighted by molar-refractivity contribution is 6.28. The Hall–Kier alpha value is -0.940. The number of hydrogen-bond donors (Lipinski definition) is 1. The van der Waals surface area contributed by atoms with Crippen LogP contribution in [-0.2, 0) is 11.2 Å². The first kappa shape index (κ1) is 10.6. The number of nitrogens with zero attached hydrogens (tertiary/aromatic N) is 3. The third-order valence-electron chi connectivity index (χ3n) is 2.85. The van der Waals surface area contributed by atoms with Crippen LogP contribution in [0.3, 0.4) is 0 Å². The lowest BCUT2D eigenvalue weighted by Gasteiger charge is -2.39. The number of nitrogens with two attached hydrogens (primary N) is 1. The predicted octanol–water partition coefficient (Wildman–Crippen LogP) is 1.22. The number of halogens is 1. The van der Waals surface area contributed by atoms with Crippen molar-refractivity contribution in [3.63, 3.8) is 0 Å². The van der Waals surface area contributed by atoms with Gasteiger partial charge in [-0.2, -0.15) is 9.97 Å². The van der Waals surface area contributed by atoms with Gasteiger partial charge in [-0.15, -0.1) is 0 Å². The van der Waals surface area contributed by atoms with Gasteiger partial charge in [0.2, 0.25) is 11.2 Å². The van der Waals surface area contributed by atoms with Crippen molar-refractivity contribution in [2.75, 3.05) is 12.8 Å². The van der Waals surface area contributed by atoms with E-state index in [1.165, 1.54) is 6.42 Å². The van der Waals surface area contributed by atoms with Gasteiger partial charge in [0.05, 0.1) is 5.60 Å². The Kier molecular flexibility index (Phi) is 2.75. The standard InChI is InChI=1S/C9H13ClN4O/c1-15-9(3-2-4-9)5-6-12-7(10)14-8(11)13-6/h2-5H2,1H3,(H2,11,12,13,14). The molecule has 0 aromatic carbocycles. The number of methoxy groups -OCH3 is 1. The van der Waals surface area contributed by atoms with Crippen molar-refractivity contribution in [1.82, 2.24) is 15.0 Å². The van der Waals surface area contributed by atoms with E-state index in [4.69, 9.17) is 22.1 Å². The van der Waals surface area contributed by atoms with Gasteiger partial charge in [0.1, 0.15) is 5.82 Å². The highest BCUT2D eigenvalue weighted by Crippen LogP contribution is 2.37. The van der Waals surface area contributed by atoms with Crippen molar-refractivity contribution in [3.8, 4) is 0 Å². The van der Waals surface area contributed by atoms with Gasteiger partial charge in [-0.05, 0) is 30.9 Å². The highest BCUT2D eigenvalue weighted by Gasteiger charge is 2.38. The molecule has 15 heavy (non-hydrogen) atoms. The topological polar surface area (TPSA) is 73.9 Å². The van der Waals surface area contributed by atoms with Crippen LogP contribution in [0, 0.1) is 0 Å². The van der Waals surface area contributed by atoms with E-state index in [9.17, 15) is 0 Å². The number of aromatic nitrogens is 3. The molecule has 82 valence electrons. The summed E-state index contributed by atoms with van der Waals surface area (Å²) in [4.78, 5) is 11.8. The SMILES string of the molecule is COC1(Cc2nc(N)nc(Cl)n2)CCC1. The molecule has 0 saturated heterocycles. The Labute approximate surface area is 93.0 Å². The fraction of sp³-hybridized carbons (Fsp3) is 0.667. The number of anilines is 1. The summed E-state index contributed by atoms with van der Waals surface area (Å²) in [6, 6.07) is 0. The summed E-state index contributed by atoms with van der Waals surface area (Å²) in [6.45, 7) is 0. The molecule has 1 aliphatic carbocycles. The second-order valence-electron chi connectivity index (χ2n) is 3.80. The monoisotopic (exact) mass is 228 g/mol. The van der Waals surface area contributed by atoms with Crippen LogP contribution in [0.2, 0.25) is 5.28 Å². The van der Waals surface area contributed by atoms with Crippen molar-refractivity contribution in [1.29, 1.82) is 0 Å². The maximum atomic E-state index is 5.70. The molecule has 0 aliphatic heterocycles. The fourth-order valence-electron chi connectivity index (χ4n) is 1.80. The first-order valence-electron chi connectivity index (χ1n) is 4.85. The fourth-order valence-corrected chi connectivity index (χ4v) is 1.98. The van der Waals surface area contributed by atoms with E-state index >= 15 is 0 Å². The molecule has 0 bridgehead atoms. The minimum absolute atomic E-state index is 0.114. The lowest BCUT2D eigenvalue weighted by Crippen LogP contribution is -2.41. The summed E-state index contributed by atoms with van der Waals surface area (Å²) in [6.07, 6.45) is 3.90. The first-order chi connectivity index (χ1) is 7.13. The van der Waals surface area contributed by atoms with E-state index in [2.05, 4.69) is 15.0 Å². The lowest BCUT2D eigenvalue weighted by atomic mass is 9.77. The molecule has 1 heterocycles. The van der Waals surface area contributed by atoms with Gasteiger partial charge in [-0.1, -0.05) is 0 Å². The molecule has 1 saturated carbocycles. The number of ether oxygens (including phenoxy) is 1. The molecule has 6 heteroatoms. The molecular weight excluding hydrogens is 216 g/mol. The molecular formula is C9H13ClN4O. The molecule has 0 amide bonds. The third kappa shape index (κ3) is 2.18. The molecule has 1 fully saturated rings. The molecule has 2 N–H and O–H groups in total. The number of nitrogen functional groups attached to an aromatic ring is 1. The molecule has 0 unspecified atom stereocenters. The minimum Gasteiger partial charge on any atom is -0.378 e. The van der Waals surface area contributed by atoms with Gasteiger partial charge in [-0.3, -0.25) is 0 Å². The zero-order chi connectivity index (χ0) is 10.9. The van der Waals surface area contributed by atoms with Crippen LogP contribution in [-0.4, -0.2) is 27.7 Å². The van der Waals surface area contributed by atoms with Crippen LogP contribution in [0.5, 0.6) is 0 Å². The molecule has 1 aromatic heterocycles. The van der Waals surface area contributed by atoms with Crippen LogP contribution in [0.1, 0.15) is 25.1 Å². The Bertz CT molecular complexity index is 341. The van der Waals surface area contributed by atoms with Crippen molar-refractivity contribution >= 4 is 17.5 Å². The van der Waals surface area contributed by atoms with Crippen molar-refractivity contribution < 1.29 is 4.74 Å². The van der Waals surface area contributed by atoms with Crippen LogP contribution in [0.25, 0.3) is 0 Å². The van der Waals surface area contributed by atoms with Gasteiger partial charge in [0.25, 0.3) is 0 Å². The van der Waals surface area contributed by atoms with Crippen LogP contribution >= 0.6 is 11.6 Å². The molecule has 1 aliphatic rings. The van der Waals surface area contributed by atoms with E-state index in [1.807, 2.05) is 0 Å². The first-order valence-corrected chi connectivity index (χ1v) is 5.22. The van der Waals surface area contributed by atoms with E-state index in [1.54, 1.807) is 7.11 Å². The summed E-state index contributed by atoms with van der Waals surface area (Å²) in [5.74, 6) is 0.768. The minimum atomic E-state index is -0.114. The maximum absolute atomic E-state index is 5.70. The van der Waals surface area contributed by atoms with E-state index in [-0.39, 0.29) is 16.8 Å². The molecule has 2 rings (SSSR count). The van der Waals surface area contributed by atoms with Crippen LogP contribution < -0.4 is 5.73 Å². The summed E-state index contributed by atoms with van der Waals surface area (Å²) in [5.41, 5.74) is 5.38. The average molecular weight is 229 g/mol. The summed E-state index contributed by atoms with van der Waals surface area (Å²) >= 11 is 5.70. The van der Waals surface area contributed by atoms with Gasteiger partial charge in [-0.25, -0.2) is 4.98 Å². The van der Waals surface area contributed by atoms with Crippen LogP contribution in [0.4, 0.5) is 5.95 Å². The largest absolute Gasteiger partial charge is 0.378 e. The summed E-state index contributed by atoms with van der Waals surface area (Å²) in [7, 11) is 1.71. The number of hydrogen-bond acceptors (Lipinski definition) is 5. The van der Waals surface area contributed by atoms with Crippen LogP contribution in [0.15, 0.2) is 0 Å². The normalized spacial score (nSPS) is 18.5. The van der Waals surface area contributed by atoms with Gasteiger partial charge < -0.3 is 10.5 Å². The average Bonchev–Trinajstić information content (AvgIpc) is 2.10. The Morgan fingerprint density at radius 1 is 1.40 bits per heavy atom. The quantitative estimate of drug-likeness (QED) is 0.842. The second kappa shape index (κ2) is 3.90. The number of rotatable bonds is 3. The van der Waals surface area contributed by atoms with Gasteiger partial charge in [0.15, 0.2) is 0 Å². The lowest BCUT2D eigenvalue weighted by molar-refractivity contribution is -0.0721. The zero-order valence-corrected chi connectivity index (χ0v) is 9.29. The molecule has 5 nitrogen and oxygen atoms in total.